The molecule has 0 unspecified atom stereocenters. The number of fused-ring (bicyclic) bond motifs is 1. The zero-order chi connectivity index (χ0) is 24.1. The molecule has 7 nitrogen and oxygen atoms in total. The number of nitrogens with zero attached hydrogens (tertiary/aromatic N) is 2. The van der Waals surface area contributed by atoms with Crippen molar-refractivity contribution in [3.63, 3.8) is 0 Å². The minimum Gasteiger partial charge on any atom is -0.324 e. The van der Waals surface area contributed by atoms with E-state index in [4.69, 9.17) is 11.6 Å². The maximum atomic E-state index is 13.2. The molecule has 0 aliphatic carbocycles. The summed E-state index contributed by atoms with van der Waals surface area (Å²) >= 11 is 6.34. The van der Waals surface area contributed by atoms with Crippen LogP contribution in [0.2, 0.25) is 5.02 Å². The van der Waals surface area contributed by atoms with E-state index in [0.717, 1.165) is 23.2 Å². The van der Waals surface area contributed by atoms with Gasteiger partial charge in [-0.1, -0.05) is 43.6 Å². The molecule has 2 N–H and O–H groups in total. The number of hydrogen-bond acceptors (Lipinski definition) is 4. The molecule has 2 aromatic rings. The molecular weight excluding hydrogens is 440 g/mol. The molecule has 0 bridgehead atoms. The second-order valence-corrected chi connectivity index (χ2v) is 8.78. The number of amides is 3. The third kappa shape index (κ3) is 5.72. The van der Waals surface area contributed by atoms with Gasteiger partial charge in [-0.15, -0.1) is 0 Å². The number of nitrogens with one attached hydrogen (secondary N) is 2. The number of benzene rings is 2. The molecule has 0 aromatic heterocycles. The van der Waals surface area contributed by atoms with E-state index >= 15 is 0 Å². The normalized spacial score (nSPS) is 15.6. The maximum Gasteiger partial charge on any atom is 0.241 e. The van der Waals surface area contributed by atoms with Crippen molar-refractivity contribution in [2.45, 2.75) is 46.1 Å². The number of aryl methyl sites for hydroxylation is 1. The van der Waals surface area contributed by atoms with Gasteiger partial charge in [0, 0.05) is 23.2 Å². The van der Waals surface area contributed by atoms with Crippen LogP contribution in [-0.4, -0.2) is 48.8 Å². The average molecular weight is 471 g/mol. The van der Waals surface area contributed by atoms with Crippen molar-refractivity contribution in [1.82, 2.24) is 4.90 Å². The topological polar surface area (TPSA) is 81.8 Å². The number of halogens is 1. The van der Waals surface area contributed by atoms with E-state index in [1.807, 2.05) is 51.1 Å². The quantitative estimate of drug-likeness (QED) is 0.638. The Morgan fingerprint density at radius 3 is 2.58 bits per heavy atom. The van der Waals surface area contributed by atoms with E-state index in [9.17, 15) is 14.4 Å². The molecule has 1 atom stereocenters. The van der Waals surface area contributed by atoms with Crippen molar-refractivity contribution >= 4 is 46.4 Å². The number of carbonyl (C=O) groups is 3. The predicted molar refractivity (Wildman–Crippen MR) is 133 cm³/mol. The Hall–Kier alpha value is -2.90. The van der Waals surface area contributed by atoms with Gasteiger partial charge < -0.3 is 15.5 Å². The predicted octanol–water partition coefficient (Wildman–Crippen LogP) is 4.10. The highest BCUT2D eigenvalue weighted by Gasteiger charge is 2.30. The van der Waals surface area contributed by atoms with Gasteiger partial charge in [0.05, 0.1) is 24.5 Å². The molecule has 3 rings (SSSR count). The SMILES string of the molecule is CCc1ccc(Cl)c(CC)c1NC(=O)CN(C)CC(=O)N1c2ccccc2NC(=O)C[C@H]1C. The Balaban J connectivity index is 1.71. The third-order valence-corrected chi connectivity index (χ3v) is 6.14. The number of likely N-dealkylation sites (N-methyl/N-ethyl adjacent to an activating group) is 1. The molecule has 176 valence electrons. The Morgan fingerprint density at radius 2 is 1.88 bits per heavy atom. The van der Waals surface area contributed by atoms with Gasteiger partial charge in [-0.05, 0) is 56.1 Å². The number of para-hydroxylation sites is 2. The molecule has 1 aliphatic heterocycles. The van der Waals surface area contributed by atoms with Crippen LogP contribution in [0, 0.1) is 0 Å². The van der Waals surface area contributed by atoms with Gasteiger partial charge in [0.2, 0.25) is 17.7 Å². The molecule has 8 heteroatoms. The molecule has 0 fully saturated rings. The largest absolute Gasteiger partial charge is 0.324 e. The lowest BCUT2D eigenvalue weighted by Crippen LogP contribution is -2.45. The summed E-state index contributed by atoms with van der Waals surface area (Å²) in [7, 11) is 1.73. The Kier molecular flexibility index (Phi) is 8.10. The van der Waals surface area contributed by atoms with Gasteiger partial charge in [-0.25, -0.2) is 0 Å². The van der Waals surface area contributed by atoms with Gasteiger partial charge in [-0.3, -0.25) is 19.3 Å². The fourth-order valence-corrected chi connectivity index (χ4v) is 4.51. The second-order valence-electron chi connectivity index (χ2n) is 8.37. The van der Waals surface area contributed by atoms with Crippen LogP contribution in [0.4, 0.5) is 17.1 Å². The number of hydrogen-bond donors (Lipinski definition) is 2. The van der Waals surface area contributed by atoms with Gasteiger partial charge in [0.15, 0.2) is 0 Å². The fourth-order valence-electron chi connectivity index (χ4n) is 4.22. The average Bonchev–Trinajstić information content (AvgIpc) is 2.87. The molecule has 0 saturated heterocycles. The summed E-state index contributed by atoms with van der Waals surface area (Å²) in [5.41, 5.74) is 3.97. The maximum absolute atomic E-state index is 13.2. The molecule has 33 heavy (non-hydrogen) atoms. The van der Waals surface area contributed by atoms with E-state index in [0.29, 0.717) is 22.8 Å². The molecule has 3 amide bonds. The van der Waals surface area contributed by atoms with Gasteiger partial charge in [0.1, 0.15) is 0 Å². The lowest BCUT2D eigenvalue weighted by Gasteiger charge is -2.29. The highest BCUT2D eigenvalue weighted by molar-refractivity contribution is 6.32. The highest BCUT2D eigenvalue weighted by Crippen LogP contribution is 2.32. The molecule has 2 aromatic carbocycles. The first-order valence-corrected chi connectivity index (χ1v) is 11.6. The van der Waals surface area contributed by atoms with Crippen LogP contribution in [-0.2, 0) is 27.2 Å². The Labute approximate surface area is 200 Å². The van der Waals surface area contributed by atoms with Crippen molar-refractivity contribution in [3.05, 3.63) is 52.5 Å². The third-order valence-electron chi connectivity index (χ3n) is 5.79. The molecule has 1 aliphatic rings. The Morgan fingerprint density at radius 1 is 1.15 bits per heavy atom. The van der Waals surface area contributed by atoms with Gasteiger partial charge in [-0.2, -0.15) is 0 Å². The summed E-state index contributed by atoms with van der Waals surface area (Å²) in [5.74, 6) is -0.510. The van der Waals surface area contributed by atoms with Crippen molar-refractivity contribution in [1.29, 1.82) is 0 Å². The van der Waals surface area contributed by atoms with Crippen LogP contribution >= 0.6 is 11.6 Å². The molecule has 0 radical (unpaired) electrons. The fraction of sp³-hybridized carbons (Fsp3) is 0.400. The lowest BCUT2D eigenvalue weighted by molar-refractivity contribution is -0.121. The first-order chi connectivity index (χ1) is 15.7. The van der Waals surface area contributed by atoms with E-state index < -0.39 is 0 Å². The summed E-state index contributed by atoms with van der Waals surface area (Å²) in [6, 6.07) is 10.7. The molecule has 1 heterocycles. The van der Waals surface area contributed by atoms with Gasteiger partial charge >= 0.3 is 0 Å². The highest BCUT2D eigenvalue weighted by atomic mass is 35.5. The molecule has 0 spiro atoms. The summed E-state index contributed by atoms with van der Waals surface area (Å²) < 4.78 is 0. The van der Waals surface area contributed by atoms with Crippen LogP contribution in [0.25, 0.3) is 0 Å². The first-order valence-electron chi connectivity index (χ1n) is 11.2. The number of rotatable bonds is 7. The minimum atomic E-state index is -0.297. The molecule has 0 saturated carbocycles. The Bertz CT molecular complexity index is 1060. The monoisotopic (exact) mass is 470 g/mol. The summed E-state index contributed by atoms with van der Waals surface area (Å²) in [5, 5.41) is 6.49. The van der Waals surface area contributed by atoms with Gasteiger partial charge in [0.25, 0.3) is 0 Å². The van der Waals surface area contributed by atoms with E-state index in [1.54, 1.807) is 22.9 Å². The second kappa shape index (κ2) is 10.8. The zero-order valence-corrected chi connectivity index (χ0v) is 20.3. The van der Waals surface area contributed by atoms with Crippen LogP contribution in [0.1, 0.15) is 38.3 Å². The standard InChI is InChI=1S/C25H31ClN4O3/c1-5-17-11-12-19(26)18(6-2)25(17)28-23(32)14-29(4)15-24(33)30-16(3)13-22(31)27-20-9-7-8-10-21(20)30/h7-12,16H,5-6,13-15H2,1-4H3,(H,27,31)(H,28,32)/t16-/m1/s1. The van der Waals surface area contributed by atoms with Crippen LogP contribution in [0.5, 0.6) is 0 Å². The smallest absolute Gasteiger partial charge is 0.241 e. The number of anilines is 3. The zero-order valence-electron chi connectivity index (χ0n) is 19.6. The van der Waals surface area contributed by atoms with Crippen LogP contribution in [0.15, 0.2) is 36.4 Å². The van der Waals surface area contributed by atoms with Crippen molar-refractivity contribution in [3.8, 4) is 0 Å². The van der Waals surface area contributed by atoms with E-state index in [2.05, 4.69) is 10.6 Å². The van der Waals surface area contributed by atoms with E-state index in [1.165, 1.54) is 0 Å². The van der Waals surface area contributed by atoms with Crippen molar-refractivity contribution in [2.75, 3.05) is 35.7 Å². The minimum absolute atomic E-state index is 0.0388. The summed E-state index contributed by atoms with van der Waals surface area (Å²) in [6.07, 6.45) is 1.68. The van der Waals surface area contributed by atoms with Crippen molar-refractivity contribution in [2.24, 2.45) is 0 Å². The van der Waals surface area contributed by atoms with Crippen LogP contribution in [0.3, 0.4) is 0 Å². The summed E-state index contributed by atoms with van der Waals surface area (Å²) in [6.45, 7) is 5.97. The first kappa shape index (κ1) is 24.7. The lowest BCUT2D eigenvalue weighted by atomic mass is 10.0. The van der Waals surface area contributed by atoms with Crippen molar-refractivity contribution < 1.29 is 14.4 Å². The molecular formula is C25H31ClN4O3. The number of carbonyl (C=O) groups excluding carboxylic acids is 3. The summed E-state index contributed by atoms with van der Waals surface area (Å²) in [4.78, 5) is 41.5. The van der Waals surface area contributed by atoms with E-state index in [-0.39, 0.29) is 43.3 Å². The van der Waals surface area contributed by atoms with Crippen LogP contribution < -0.4 is 15.5 Å².